The fraction of sp³-hybridized carbons (Fsp3) is 0.182. The van der Waals surface area contributed by atoms with E-state index in [9.17, 15) is 0 Å². The first-order valence-corrected chi connectivity index (χ1v) is 5.04. The molecule has 0 amide bonds. The molecular weight excluding hydrogens is 178 g/mol. The second kappa shape index (κ2) is 3.30. The van der Waals surface area contributed by atoms with Gasteiger partial charge in [-0.15, -0.1) is 11.3 Å². The monoisotopic (exact) mass is 188 g/mol. The van der Waals surface area contributed by atoms with Gasteiger partial charge in [-0.05, 0) is 26.0 Å². The van der Waals surface area contributed by atoms with E-state index in [0.717, 1.165) is 5.69 Å². The van der Waals surface area contributed by atoms with Crippen molar-refractivity contribution in [1.29, 1.82) is 0 Å². The Morgan fingerprint density at radius 1 is 1.15 bits per heavy atom. The molecule has 0 aliphatic rings. The zero-order valence-electron chi connectivity index (χ0n) is 7.66. The van der Waals surface area contributed by atoms with E-state index in [-0.39, 0.29) is 0 Å². The zero-order valence-corrected chi connectivity index (χ0v) is 8.48. The molecule has 0 unspecified atom stereocenters. The number of aryl methyl sites for hydroxylation is 2. The third-order valence-electron chi connectivity index (χ3n) is 1.91. The first-order chi connectivity index (χ1) is 6.25. The van der Waals surface area contributed by atoms with Crippen molar-refractivity contribution in [2.75, 3.05) is 0 Å². The van der Waals surface area contributed by atoms with E-state index in [1.807, 2.05) is 5.38 Å². The van der Waals surface area contributed by atoms with Crippen LogP contribution in [0.4, 0.5) is 0 Å². The van der Waals surface area contributed by atoms with Crippen molar-refractivity contribution in [3.8, 4) is 11.3 Å². The third kappa shape index (κ3) is 1.78. The van der Waals surface area contributed by atoms with Crippen molar-refractivity contribution in [3.63, 3.8) is 0 Å². The Balaban J connectivity index is 2.53. The molecule has 1 aromatic heterocycles. The maximum Gasteiger partial charge on any atom is 0.152 e. The Kier molecular flexibility index (Phi) is 2.15. The summed E-state index contributed by atoms with van der Waals surface area (Å²) in [6, 6.07) is 6.46. The van der Waals surface area contributed by atoms with Gasteiger partial charge in [0, 0.05) is 10.9 Å². The number of thiazole rings is 1. The van der Waals surface area contributed by atoms with Gasteiger partial charge in [0.15, 0.2) is 5.51 Å². The van der Waals surface area contributed by atoms with Gasteiger partial charge in [0.05, 0.1) is 5.69 Å². The van der Waals surface area contributed by atoms with E-state index in [0.29, 0.717) is 0 Å². The summed E-state index contributed by atoms with van der Waals surface area (Å²) < 4.78 is 0. The number of hydrogen-bond donors (Lipinski definition) is 0. The van der Waals surface area contributed by atoms with Gasteiger partial charge in [0.1, 0.15) is 0 Å². The lowest BCUT2D eigenvalue weighted by Gasteiger charge is -2.01. The molecule has 0 fully saturated rings. The van der Waals surface area contributed by atoms with Gasteiger partial charge in [-0.2, -0.15) is 0 Å². The van der Waals surface area contributed by atoms with E-state index in [1.54, 1.807) is 0 Å². The molecule has 1 nitrogen and oxygen atoms in total. The summed E-state index contributed by atoms with van der Waals surface area (Å²) in [5.74, 6) is 0. The van der Waals surface area contributed by atoms with Crippen LogP contribution in [0.3, 0.4) is 0 Å². The first kappa shape index (κ1) is 8.45. The molecule has 0 saturated heterocycles. The van der Waals surface area contributed by atoms with Gasteiger partial charge < -0.3 is 0 Å². The van der Waals surface area contributed by atoms with Crippen LogP contribution in [0, 0.1) is 19.4 Å². The maximum absolute atomic E-state index is 4.16. The summed E-state index contributed by atoms with van der Waals surface area (Å²) in [6.45, 7) is 4.21. The van der Waals surface area contributed by atoms with Crippen LogP contribution >= 0.6 is 11.3 Å². The highest BCUT2D eigenvalue weighted by Crippen LogP contribution is 2.21. The number of hydrogen-bond acceptors (Lipinski definition) is 2. The first-order valence-electron chi connectivity index (χ1n) is 4.16. The molecule has 0 saturated carbocycles. The standard InChI is InChI=1S/C11H10NS/c1-8-3-9(2)5-10(4-8)11-6-13-7-12-11/h3-6H,1-2H3. The smallest absolute Gasteiger partial charge is 0.152 e. The lowest BCUT2D eigenvalue weighted by Crippen LogP contribution is -1.82. The third-order valence-corrected chi connectivity index (χ3v) is 2.44. The molecular formula is C11H10NS. The predicted molar refractivity (Wildman–Crippen MR) is 55.9 cm³/mol. The summed E-state index contributed by atoms with van der Waals surface area (Å²) in [5.41, 5.74) is 7.63. The van der Waals surface area contributed by atoms with Crippen LogP contribution in [0.15, 0.2) is 23.6 Å². The average molecular weight is 188 g/mol. The summed E-state index contributed by atoms with van der Waals surface area (Å²) in [7, 11) is 0. The van der Waals surface area contributed by atoms with E-state index in [1.165, 1.54) is 28.0 Å². The van der Waals surface area contributed by atoms with Gasteiger partial charge >= 0.3 is 0 Å². The van der Waals surface area contributed by atoms with Crippen molar-refractivity contribution >= 4 is 11.3 Å². The van der Waals surface area contributed by atoms with Crippen LogP contribution < -0.4 is 0 Å². The normalized spacial score (nSPS) is 10.3. The molecule has 65 valence electrons. The molecule has 2 heteroatoms. The van der Waals surface area contributed by atoms with Crippen LogP contribution in [0.1, 0.15) is 11.1 Å². The minimum Gasteiger partial charge on any atom is -0.233 e. The highest BCUT2D eigenvalue weighted by Gasteiger charge is 2.00. The molecule has 1 aromatic carbocycles. The quantitative estimate of drug-likeness (QED) is 0.669. The summed E-state index contributed by atoms with van der Waals surface area (Å²) >= 11 is 1.51. The molecule has 2 rings (SSSR count). The fourth-order valence-electron chi connectivity index (χ4n) is 1.44. The minimum atomic E-state index is 1.02. The Morgan fingerprint density at radius 3 is 2.38 bits per heavy atom. The second-order valence-corrected chi connectivity index (χ2v) is 3.85. The molecule has 1 radical (unpaired) electrons. The molecule has 0 aliphatic heterocycles. The Labute approximate surface area is 82.1 Å². The van der Waals surface area contributed by atoms with Crippen LogP contribution in [0.25, 0.3) is 11.3 Å². The van der Waals surface area contributed by atoms with Crippen molar-refractivity contribution in [3.05, 3.63) is 40.2 Å². The van der Waals surface area contributed by atoms with Gasteiger partial charge in [-0.1, -0.05) is 17.2 Å². The topological polar surface area (TPSA) is 12.9 Å². The second-order valence-electron chi connectivity index (χ2n) is 3.20. The largest absolute Gasteiger partial charge is 0.233 e. The minimum absolute atomic E-state index is 1.02. The van der Waals surface area contributed by atoms with Crippen molar-refractivity contribution in [2.45, 2.75) is 13.8 Å². The van der Waals surface area contributed by atoms with Crippen LogP contribution in [0.5, 0.6) is 0 Å². The molecule has 0 spiro atoms. The Hall–Kier alpha value is -1.15. The molecule has 2 aromatic rings. The molecule has 0 atom stereocenters. The van der Waals surface area contributed by atoms with Crippen molar-refractivity contribution < 1.29 is 0 Å². The predicted octanol–water partition coefficient (Wildman–Crippen LogP) is 3.23. The molecule has 0 aliphatic carbocycles. The summed E-state index contributed by atoms with van der Waals surface area (Å²) in [5, 5.41) is 2.02. The fourth-order valence-corrected chi connectivity index (χ4v) is 1.94. The highest BCUT2D eigenvalue weighted by atomic mass is 32.1. The zero-order chi connectivity index (χ0) is 9.26. The molecule has 1 heterocycles. The summed E-state index contributed by atoms with van der Waals surface area (Å²) in [6.07, 6.45) is 0. The molecule has 13 heavy (non-hydrogen) atoms. The van der Waals surface area contributed by atoms with E-state index in [2.05, 4.69) is 42.5 Å². The van der Waals surface area contributed by atoms with Gasteiger partial charge in [-0.3, -0.25) is 0 Å². The van der Waals surface area contributed by atoms with Crippen LogP contribution in [-0.4, -0.2) is 4.98 Å². The Morgan fingerprint density at radius 2 is 1.85 bits per heavy atom. The average Bonchev–Trinajstić information content (AvgIpc) is 2.53. The van der Waals surface area contributed by atoms with E-state index < -0.39 is 0 Å². The number of nitrogens with zero attached hydrogens (tertiary/aromatic N) is 1. The highest BCUT2D eigenvalue weighted by molar-refractivity contribution is 7.07. The van der Waals surface area contributed by atoms with Crippen LogP contribution in [-0.2, 0) is 0 Å². The van der Waals surface area contributed by atoms with E-state index >= 15 is 0 Å². The van der Waals surface area contributed by atoms with Gasteiger partial charge in [0.25, 0.3) is 0 Å². The van der Waals surface area contributed by atoms with Gasteiger partial charge in [-0.25, -0.2) is 4.98 Å². The van der Waals surface area contributed by atoms with E-state index in [4.69, 9.17) is 0 Å². The lowest BCUT2D eigenvalue weighted by atomic mass is 10.1. The van der Waals surface area contributed by atoms with Crippen molar-refractivity contribution in [2.24, 2.45) is 0 Å². The van der Waals surface area contributed by atoms with Crippen LogP contribution in [0.2, 0.25) is 0 Å². The van der Waals surface area contributed by atoms with Gasteiger partial charge in [0.2, 0.25) is 0 Å². The number of aromatic nitrogens is 1. The van der Waals surface area contributed by atoms with Crippen molar-refractivity contribution in [1.82, 2.24) is 4.98 Å². The maximum atomic E-state index is 4.16. The number of rotatable bonds is 1. The SMILES string of the molecule is Cc1cc(C)cc(-c2cs[c]n2)c1. The Bertz CT molecular complexity index is 384. The molecule has 0 bridgehead atoms. The summed E-state index contributed by atoms with van der Waals surface area (Å²) in [4.78, 5) is 4.16. The molecule has 0 N–H and O–H groups in total. The number of benzene rings is 1. The lowest BCUT2D eigenvalue weighted by molar-refractivity contribution is 1.34.